The summed E-state index contributed by atoms with van der Waals surface area (Å²) in [4.78, 5) is 11.4. The topological polar surface area (TPSA) is 29.1 Å². The molecule has 5 heteroatoms. The van der Waals surface area contributed by atoms with E-state index in [9.17, 15) is 13.6 Å². The maximum Gasteiger partial charge on any atom is 0.224 e. The number of hydrogen-bond donors (Lipinski definition) is 1. The fourth-order valence-corrected chi connectivity index (χ4v) is 1.30. The first kappa shape index (κ1) is 12.9. The van der Waals surface area contributed by atoms with Crippen LogP contribution in [0, 0.1) is 11.6 Å². The zero-order chi connectivity index (χ0) is 12.1. The minimum Gasteiger partial charge on any atom is -0.352 e. The van der Waals surface area contributed by atoms with Crippen molar-refractivity contribution in [3.8, 4) is 0 Å². The number of benzene rings is 1. The van der Waals surface area contributed by atoms with Crippen molar-refractivity contribution in [3.63, 3.8) is 0 Å². The number of halogens is 3. The van der Waals surface area contributed by atoms with Gasteiger partial charge in [0.1, 0.15) is 11.6 Å². The van der Waals surface area contributed by atoms with Crippen molar-refractivity contribution >= 4 is 17.5 Å². The molecule has 1 N–H and O–H groups in total. The Kier molecular flexibility index (Phi) is 4.68. The van der Waals surface area contributed by atoms with E-state index in [1.165, 1.54) is 6.07 Å². The van der Waals surface area contributed by atoms with Crippen LogP contribution in [0.5, 0.6) is 0 Å². The fraction of sp³-hybridized carbons (Fsp3) is 0.364. The third-order valence-corrected chi connectivity index (χ3v) is 2.50. The molecular formula is C11H12ClF2NO. The van der Waals surface area contributed by atoms with Gasteiger partial charge in [-0.3, -0.25) is 4.79 Å². The second kappa shape index (κ2) is 5.80. The zero-order valence-corrected chi connectivity index (χ0v) is 9.52. The maximum absolute atomic E-state index is 13.2. The molecule has 1 rings (SSSR count). The summed E-state index contributed by atoms with van der Waals surface area (Å²) in [7, 11) is 0. The van der Waals surface area contributed by atoms with Crippen molar-refractivity contribution < 1.29 is 13.6 Å². The van der Waals surface area contributed by atoms with Gasteiger partial charge in [0.15, 0.2) is 0 Å². The first-order valence-electron chi connectivity index (χ1n) is 4.82. The Hall–Kier alpha value is -1.16. The van der Waals surface area contributed by atoms with Crippen LogP contribution in [0.25, 0.3) is 0 Å². The Labute approximate surface area is 97.6 Å². The largest absolute Gasteiger partial charge is 0.352 e. The summed E-state index contributed by atoms with van der Waals surface area (Å²) in [6.45, 7) is 1.71. The summed E-state index contributed by atoms with van der Waals surface area (Å²) in [5.74, 6) is -1.62. The average Bonchev–Trinajstić information content (AvgIpc) is 2.23. The lowest BCUT2D eigenvalue weighted by atomic mass is 10.1. The first-order chi connectivity index (χ1) is 7.54. The number of carbonyl (C=O) groups is 1. The maximum atomic E-state index is 13.2. The minimum atomic E-state index is -0.714. The van der Waals surface area contributed by atoms with Gasteiger partial charge in [0.05, 0.1) is 6.42 Å². The van der Waals surface area contributed by atoms with Gasteiger partial charge >= 0.3 is 0 Å². The second-order valence-electron chi connectivity index (χ2n) is 3.50. The van der Waals surface area contributed by atoms with Crippen LogP contribution < -0.4 is 5.32 Å². The van der Waals surface area contributed by atoms with Gasteiger partial charge in [-0.2, -0.15) is 0 Å². The molecule has 0 radical (unpaired) electrons. The van der Waals surface area contributed by atoms with E-state index in [-0.39, 0.29) is 23.9 Å². The molecule has 16 heavy (non-hydrogen) atoms. The van der Waals surface area contributed by atoms with E-state index in [1.54, 1.807) is 6.92 Å². The summed E-state index contributed by atoms with van der Waals surface area (Å²) >= 11 is 5.50. The van der Waals surface area contributed by atoms with Crippen molar-refractivity contribution in [2.24, 2.45) is 0 Å². The van der Waals surface area contributed by atoms with Crippen LogP contribution in [0.2, 0.25) is 0 Å². The van der Waals surface area contributed by atoms with Crippen molar-refractivity contribution in [1.82, 2.24) is 5.32 Å². The van der Waals surface area contributed by atoms with Crippen LogP contribution in [0.15, 0.2) is 18.2 Å². The fourth-order valence-electron chi connectivity index (χ4n) is 1.23. The number of carbonyl (C=O) groups excluding carboxylic acids is 1. The molecule has 0 saturated heterocycles. The predicted molar refractivity (Wildman–Crippen MR) is 58.4 cm³/mol. The van der Waals surface area contributed by atoms with E-state index in [0.717, 1.165) is 12.1 Å². The standard InChI is InChI=1S/C11H12ClF2NO/c1-7(6-12)15-11(16)5-8-9(13)3-2-4-10(8)14/h2-4,7H,5-6H2,1H3,(H,15,16). The molecule has 1 atom stereocenters. The van der Waals surface area contributed by atoms with E-state index in [0.29, 0.717) is 0 Å². The number of amides is 1. The van der Waals surface area contributed by atoms with Crippen molar-refractivity contribution in [2.45, 2.75) is 19.4 Å². The smallest absolute Gasteiger partial charge is 0.224 e. The highest BCUT2D eigenvalue weighted by atomic mass is 35.5. The summed E-state index contributed by atoms with van der Waals surface area (Å²) in [5, 5.41) is 2.53. The zero-order valence-electron chi connectivity index (χ0n) is 8.77. The molecule has 2 nitrogen and oxygen atoms in total. The van der Waals surface area contributed by atoms with Crippen LogP contribution in [0.4, 0.5) is 8.78 Å². The third-order valence-electron chi connectivity index (χ3n) is 2.04. The van der Waals surface area contributed by atoms with Crippen LogP contribution in [0.1, 0.15) is 12.5 Å². The van der Waals surface area contributed by atoms with Crippen molar-refractivity contribution in [3.05, 3.63) is 35.4 Å². The Bertz CT molecular complexity index is 364. The molecule has 0 bridgehead atoms. The van der Waals surface area contributed by atoms with Gasteiger partial charge in [-0.05, 0) is 19.1 Å². The van der Waals surface area contributed by atoms with Crippen LogP contribution >= 0.6 is 11.6 Å². The Morgan fingerprint density at radius 1 is 1.44 bits per heavy atom. The van der Waals surface area contributed by atoms with Crippen LogP contribution in [-0.2, 0) is 11.2 Å². The molecule has 1 aromatic carbocycles. The van der Waals surface area contributed by atoms with Gasteiger partial charge in [-0.25, -0.2) is 8.78 Å². The van der Waals surface area contributed by atoms with Crippen molar-refractivity contribution in [2.75, 3.05) is 5.88 Å². The SMILES string of the molecule is CC(CCl)NC(=O)Cc1c(F)cccc1F. The van der Waals surface area contributed by atoms with Gasteiger partial charge in [0.2, 0.25) is 5.91 Å². The van der Waals surface area contributed by atoms with Gasteiger partial charge in [0, 0.05) is 17.5 Å². The average molecular weight is 248 g/mol. The molecule has 0 heterocycles. The molecule has 0 aliphatic carbocycles. The normalized spacial score (nSPS) is 12.2. The summed E-state index contributed by atoms with van der Waals surface area (Å²) < 4.78 is 26.4. The highest BCUT2D eigenvalue weighted by molar-refractivity contribution is 6.18. The Balaban J connectivity index is 2.70. The highest BCUT2D eigenvalue weighted by Gasteiger charge is 2.13. The molecule has 1 aromatic rings. The number of alkyl halides is 1. The van der Waals surface area contributed by atoms with Crippen molar-refractivity contribution in [1.29, 1.82) is 0 Å². The minimum absolute atomic E-state index is 0.219. The molecule has 0 spiro atoms. The molecule has 88 valence electrons. The van der Waals surface area contributed by atoms with Crippen LogP contribution in [0.3, 0.4) is 0 Å². The number of nitrogens with one attached hydrogen (secondary N) is 1. The Morgan fingerprint density at radius 3 is 2.50 bits per heavy atom. The molecule has 1 unspecified atom stereocenters. The van der Waals surface area contributed by atoms with Gasteiger partial charge in [-0.1, -0.05) is 6.07 Å². The molecular weight excluding hydrogens is 236 g/mol. The van der Waals surface area contributed by atoms with E-state index >= 15 is 0 Å². The lowest BCUT2D eigenvalue weighted by Gasteiger charge is -2.11. The lowest BCUT2D eigenvalue weighted by molar-refractivity contribution is -0.121. The quantitative estimate of drug-likeness (QED) is 0.813. The summed E-state index contributed by atoms with van der Waals surface area (Å²) in [6.07, 6.45) is -0.320. The number of rotatable bonds is 4. The molecule has 0 fully saturated rings. The van der Waals surface area contributed by atoms with E-state index in [4.69, 9.17) is 11.6 Å². The number of hydrogen-bond acceptors (Lipinski definition) is 1. The predicted octanol–water partition coefficient (Wildman–Crippen LogP) is 2.25. The van der Waals surface area contributed by atoms with Gasteiger partial charge in [0.25, 0.3) is 0 Å². The summed E-state index contributed by atoms with van der Waals surface area (Å²) in [6, 6.07) is 3.28. The molecule has 0 aliphatic heterocycles. The summed E-state index contributed by atoms with van der Waals surface area (Å²) in [5.41, 5.74) is -0.221. The second-order valence-corrected chi connectivity index (χ2v) is 3.81. The third kappa shape index (κ3) is 3.45. The lowest BCUT2D eigenvalue weighted by Crippen LogP contribution is -2.35. The van der Waals surface area contributed by atoms with E-state index in [1.807, 2.05) is 0 Å². The molecule has 0 aliphatic rings. The van der Waals surface area contributed by atoms with E-state index < -0.39 is 17.5 Å². The highest BCUT2D eigenvalue weighted by Crippen LogP contribution is 2.12. The van der Waals surface area contributed by atoms with Gasteiger partial charge in [-0.15, -0.1) is 11.6 Å². The van der Waals surface area contributed by atoms with Crippen LogP contribution in [-0.4, -0.2) is 17.8 Å². The molecule has 0 aromatic heterocycles. The monoisotopic (exact) mass is 247 g/mol. The van der Waals surface area contributed by atoms with E-state index in [2.05, 4.69) is 5.32 Å². The van der Waals surface area contributed by atoms with Gasteiger partial charge < -0.3 is 5.32 Å². The first-order valence-corrected chi connectivity index (χ1v) is 5.36. The molecule has 0 saturated carbocycles. The Morgan fingerprint density at radius 2 is 2.00 bits per heavy atom. The molecule has 1 amide bonds.